The lowest BCUT2D eigenvalue weighted by Gasteiger charge is -2.31. The van der Waals surface area contributed by atoms with Crippen molar-refractivity contribution < 1.29 is 22.5 Å². The molecule has 168 valence electrons. The molecule has 1 aromatic carbocycles. The molecule has 0 aliphatic carbocycles. The van der Waals surface area contributed by atoms with Gasteiger partial charge in [-0.3, -0.25) is 4.79 Å². The van der Waals surface area contributed by atoms with Crippen LogP contribution in [0.3, 0.4) is 0 Å². The first-order valence-electron chi connectivity index (χ1n) is 10.3. The van der Waals surface area contributed by atoms with Gasteiger partial charge >= 0.3 is 0 Å². The number of amides is 1. The van der Waals surface area contributed by atoms with Gasteiger partial charge in [0.15, 0.2) is 10.7 Å². The smallest absolute Gasteiger partial charge is 0.248 e. The van der Waals surface area contributed by atoms with E-state index in [2.05, 4.69) is 10.5 Å². The number of carbonyl (C=O) groups excluding carboxylic acids is 1. The molecule has 1 amide bonds. The fourth-order valence-electron chi connectivity index (χ4n) is 3.57. The van der Waals surface area contributed by atoms with Gasteiger partial charge in [0.1, 0.15) is 5.69 Å². The van der Waals surface area contributed by atoms with Gasteiger partial charge in [-0.2, -0.15) is 4.31 Å². The maximum atomic E-state index is 13.4. The largest absolute Gasteiger partial charge is 0.383 e. The number of hydrogen-bond donors (Lipinski definition) is 1. The molecule has 0 radical (unpaired) electrons. The molecule has 1 atom stereocenters. The second-order valence-electron chi connectivity index (χ2n) is 7.69. The maximum Gasteiger partial charge on any atom is 0.248 e. The van der Waals surface area contributed by atoms with Gasteiger partial charge in [0.25, 0.3) is 0 Å². The minimum absolute atomic E-state index is 0.0521. The number of sulfonamides is 1. The predicted octanol–water partition coefficient (Wildman–Crippen LogP) is 2.63. The Hall–Kier alpha value is -2.49. The van der Waals surface area contributed by atoms with E-state index in [-0.39, 0.29) is 23.1 Å². The van der Waals surface area contributed by atoms with Crippen molar-refractivity contribution in [3.63, 3.8) is 0 Å². The topological polar surface area (TPSA) is 102 Å². The summed E-state index contributed by atoms with van der Waals surface area (Å²) in [6, 6.07) is 7.85. The molecular weight excluding hydrogens is 418 g/mol. The molecule has 1 aliphatic rings. The Morgan fingerprint density at radius 1 is 1.29 bits per heavy atom. The number of hydrogen-bond acceptors (Lipinski definition) is 6. The first kappa shape index (κ1) is 23.2. The van der Waals surface area contributed by atoms with Crippen LogP contribution in [0.2, 0.25) is 0 Å². The third-order valence-electron chi connectivity index (χ3n) is 5.30. The van der Waals surface area contributed by atoms with Crippen molar-refractivity contribution in [1.82, 2.24) is 14.8 Å². The molecule has 0 bridgehead atoms. The average molecular weight is 448 g/mol. The number of aryl methyl sites for hydroxylation is 2. The van der Waals surface area contributed by atoms with Crippen LogP contribution in [-0.2, 0) is 19.6 Å². The summed E-state index contributed by atoms with van der Waals surface area (Å²) in [6.07, 6.45) is 4.67. The normalized spacial score (nSPS) is 17.8. The molecule has 3 rings (SSSR count). The molecule has 0 spiro atoms. The molecule has 1 fully saturated rings. The van der Waals surface area contributed by atoms with Gasteiger partial charge in [-0.25, -0.2) is 8.42 Å². The van der Waals surface area contributed by atoms with Crippen LogP contribution in [0.25, 0.3) is 12.2 Å². The third-order valence-corrected chi connectivity index (χ3v) is 7.32. The highest BCUT2D eigenvalue weighted by Gasteiger charge is 2.36. The van der Waals surface area contributed by atoms with Crippen molar-refractivity contribution in [3.05, 3.63) is 46.8 Å². The monoisotopic (exact) mass is 447 g/mol. The van der Waals surface area contributed by atoms with E-state index in [4.69, 9.17) is 9.26 Å². The van der Waals surface area contributed by atoms with Gasteiger partial charge in [-0.15, -0.1) is 0 Å². The van der Waals surface area contributed by atoms with Gasteiger partial charge in [0.2, 0.25) is 15.9 Å². The van der Waals surface area contributed by atoms with Gasteiger partial charge in [0.05, 0.1) is 12.5 Å². The van der Waals surface area contributed by atoms with Crippen molar-refractivity contribution in [2.24, 2.45) is 5.92 Å². The van der Waals surface area contributed by atoms with E-state index in [9.17, 15) is 13.2 Å². The summed E-state index contributed by atoms with van der Waals surface area (Å²) < 4.78 is 38.5. The Morgan fingerprint density at radius 2 is 2.03 bits per heavy atom. The first-order valence-corrected chi connectivity index (χ1v) is 11.7. The average Bonchev–Trinajstić information content (AvgIpc) is 3.14. The van der Waals surface area contributed by atoms with Crippen molar-refractivity contribution in [1.29, 1.82) is 0 Å². The lowest BCUT2D eigenvalue weighted by molar-refractivity contribution is -0.126. The van der Waals surface area contributed by atoms with Crippen LogP contribution in [0, 0.1) is 19.8 Å². The first-order chi connectivity index (χ1) is 14.8. The summed E-state index contributed by atoms with van der Waals surface area (Å²) in [6.45, 7) is 4.91. The van der Waals surface area contributed by atoms with Crippen LogP contribution in [0.15, 0.2) is 33.7 Å². The van der Waals surface area contributed by atoms with Crippen LogP contribution in [0.4, 0.5) is 0 Å². The van der Waals surface area contributed by atoms with Crippen molar-refractivity contribution in [2.45, 2.75) is 31.6 Å². The standard InChI is InChI=1S/C22H29N3O5S/c1-16-6-8-18(9-7-16)10-11-20-21(17(2)24-30-20)31(27,28)25-13-4-5-19(15-25)22(26)23-12-14-29-3/h6-11,19H,4-5,12-15H2,1-3H3,(H,23,26)/b11-10+/t19-/m0/s1. The molecule has 1 N–H and O–H groups in total. The molecule has 1 aromatic heterocycles. The summed E-state index contributed by atoms with van der Waals surface area (Å²) in [7, 11) is -2.30. The zero-order chi connectivity index (χ0) is 22.4. The molecule has 1 aliphatic heterocycles. The summed E-state index contributed by atoms with van der Waals surface area (Å²) >= 11 is 0. The molecule has 2 aromatic rings. The Labute approximate surface area is 183 Å². The van der Waals surface area contributed by atoms with Crippen molar-refractivity contribution in [2.75, 3.05) is 33.4 Å². The lowest BCUT2D eigenvalue weighted by Crippen LogP contribution is -2.46. The maximum absolute atomic E-state index is 13.4. The van der Waals surface area contributed by atoms with Crippen LogP contribution < -0.4 is 5.32 Å². The van der Waals surface area contributed by atoms with E-state index < -0.39 is 15.9 Å². The highest BCUT2D eigenvalue weighted by Crippen LogP contribution is 2.29. The van der Waals surface area contributed by atoms with Crippen molar-refractivity contribution >= 4 is 28.1 Å². The van der Waals surface area contributed by atoms with E-state index in [1.165, 1.54) is 4.31 Å². The van der Waals surface area contributed by atoms with E-state index in [0.29, 0.717) is 38.2 Å². The number of methoxy groups -OCH3 is 1. The Bertz CT molecular complexity index is 1030. The van der Waals surface area contributed by atoms with Gasteiger partial charge in [-0.05, 0) is 38.3 Å². The molecule has 1 saturated heterocycles. The molecule has 2 heterocycles. The SMILES string of the molecule is COCCNC(=O)[C@H]1CCCN(S(=O)(=O)c2c(C)noc2/C=C/c2ccc(C)cc2)C1. The minimum Gasteiger partial charge on any atom is -0.383 e. The summed E-state index contributed by atoms with van der Waals surface area (Å²) in [5.74, 6) is -0.365. The summed E-state index contributed by atoms with van der Waals surface area (Å²) in [5.41, 5.74) is 2.37. The molecule has 31 heavy (non-hydrogen) atoms. The molecular formula is C22H29N3O5S. The predicted molar refractivity (Wildman–Crippen MR) is 118 cm³/mol. The Morgan fingerprint density at radius 3 is 2.74 bits per heavy atom. The van der Waals surface area contributed by atoms with Gasteiger partial charge < -0.3 is 14.6 Å². The minimum atomic E-state index is -3.86. The Kier molecular flexibility index (Phi) is 7.64. The number of benzene rings is 1. The van der Waals surface area contributed by atoms with E-state index in [1.807, 2.05) is 31.2 Å². The number of nitrogens with one attached hydrogen (secondary N) is 1. The third kappa shape index (κ3) is 5.61. The summed E-state index contributed by atoms with van der Waals surface area (Å²) in [4.78, 5) is 12.5. The second-order valence-corrected chi connectivity index (χ2v) is 9.57. The van der Waals surface area contributed by atoms with Crippen LogP contribution in [0.1, 0.15) is 35.4 Å². The number of piperidine rings is 1. The molecule has 0 unspecified atom stereocenters. The molecule has 0 saturated carbocycles. The van der Waals surface area contributed by atoms with E-state index >= 15 is 0 Å². The van der Waals surface area contributed by atoms with Crippen LogP contribution in [-0.4, -0.2) is 57.1 Å². The number of rotatable bonds is 8. The molecule has 8 nitrogen and oxygen atoms in total. The zero-order valence-electron chi connectivity index (χ0n) is 18.1. The number of aromatic nitrogens is 1. The lowest BCUT2D eigenvalue weighted by atomic mass is 9.99. The second kappa shape index (κ2) is 10.2. The summed E-state index contributed by atoms with van der Waals surface area (Å²) in [5, 5.41) is 6.68. The Balaban J connectivity index is 1.79. The van der Waals surface area contributed by atoms with Gasteiger partial charge in [-0.1, -0.05) is 41.1 Å². The number of ether oxygens (including phenoxy) is 1. The fourth-order valence-corrected chi connectivity index (χ4v) is 5.35. The van der Waals surface area contributed by atoms with Gasteiger partial charge in [0, 0.05) is 26.7 Å². The fraction of sp³-hybridized carbons (Fsp3) is 0.455. The van der Waals surface area contributed by atoms with E-state index in [0.717, 1.165) is 11.1 Å². The highest BCUT2D eigenvalue weighted by molar-refractivity contribution is 7.89. The van der Waals surface area contributed by atoms with E-state index in [1.54, 1.807) is 26.2 Å². The van der Waals surface area contributed by atoms with Crippen LogP contribution >= 0.6 is 0 Å². The number of carbonyl (C=O) groups is 1. The van der Waals surface area contributed by atoms with Crippen molar-refractivity contribution in [3.8, 4) is 0 Å². The number of nitrogens with zero attached hydrogens (tertiary/aromatic N) is 2. The quantitative estimate of drug-likeness (QED) is 0.624. The zero-order valence-corrected chi connectivity index (χ0v) is 18.9. The van der Waals surface area contributed by atoms with Crippen LogP contribution in [0.5, 0.6) is 0 Å². The highest BCUT2D eigenvalue weighted by atomic mass is 32.2. The molecule has 9 heteroatoms.